The minimum atomic E-state index is -2.26. The lowest BCUT2D eigenvalue weighted by atomic mass is 10.2. The first-order valence-electron chi connectivity index (χ1n) is 7.34. The Morgan fingerprint density at radius 2 is 1.76 bits per heavy atom. The van der Waals surface area contributed by atoms with Crippen molar-refractivity contribution >= 4 is 34.2 Å². The van der Waals surface area contributed by atoms with Crippen molar-refractivity contribution in [1.82, 2.24) is 9.97 Å². The third-order valence-corrected chi connectivity index (χ3v) is 4.05. The van der Waals surface area contributed by atoms with Crippen molar-refractivity contribution in [3.05, 3.63) is 66.1 Å². The topological polar surface area (TPSA) is 90.0 Å². The van der Waals surface area contributed by atoms with E-state index in [4.69, 9.17) is 0 Å². The highest BCUT2D eigenvalue weighted by Gasteiger charge is 2.03. The molecule has 1 aromatic heterocycles. The maximum absolute atomic E-state index is 13.3. The van der Waals surface area contributed by atoms with Crippen LogP contribution in [0.5, 0.6) is 0 Å². The lowest BCUT2D eigenvalue weighted by Gasteiger charge is -2.10. The molecule has 8 heteroatoms. The summed E-state index contributed by atoms with van der Waals surface area (Å²) >= 11 is -2.26. The second-order valence-electron chi connectivity index (χ2n) is 5.24. The molecule has 3 aromatic rings. The quantitative estimate of drug-likeness (QED) is 0.678. The van der Waals surface area contributed by atoms with Crippen LogP contribution < -0.4 is 10.6 Å². The number of rotatable bonds is 5. The molecule has 0 aliphatic rings. The molecule has 0 amide bonds. The van der Waals surface area contributed by atoms with Gasteiger partial charge in [0.1, 0.15) is 11.6 Å². The first-order valence-corrected chi connectivity index (χ1v) is 8.41. The summed E-state index contributed by atoms with van der Waals surface area (Å²) in [5, 5.41) is 6.08. The number of halogens is 1. The fourth-order valence-corrected chi connectivity index (χ4v) is 2.50. The Balaban J connectivity index is 1.74. The highest BCUT2D eigenvalue weighted by Crippen LogP contribution is 2.20. The van der Waals surface area contributed by atoms with Crippen LogP contribution >= 0.6 is 0 Å². The molecule has 128 valence electrons. The molecule has 2 aromatic carbocycles. The van der Waals surface area contributed by atoms with Crippen molar-refractivity contribution in [3.8, 4) is 0 Å². The Morgan fingerprint density at radius 1 is 1.04 bits per heavy atom. The first kappa shape index (κ1) is 17.0. The van der Waals surface area contributed by atoms with E-state index in [9.17, 15) is 13.2 Å². The summed E-state index contributed by atoms with van der Waals surface area (Å²) < 4.78 is 35.0. The zero-order valence-corrected chi connectivity index (χ0v) is 14.0. The molecule has 1 atom stereocenters. The minimum absolute atomic E-state index is 0.202. The van der Waals surface area contributed by atoms with Gasteiger partial charge in [0.15, 0.2) is 0 Å². The molecular weight excluding hydrogens is 343 g/mol. The Morgan fingerprint density at radius 3 is 2.44 bits per heavy atom. The van der Waals surface area contributed by atoms with Gasteiger partial charge in [-0.15, -0.1) is 0 Å². The number of hydrogen-bond donors (Lipinski definition) is 2. The summed E-state index contributed by atoms with van der Waals surface area (Å²) in [5.41, 5.74) is 1.91. The van der Waals surface area contributed by atoms with Crippen molar-refractivity contribution in [3.63, 3.8) is 0 Å². The van der Waals surface area contributed by atoms with Gasteiger partial charge in [-0.25, -0.2) is 9.37 Å². The highest BCUT2D eigenvalue weighted by atomic mass is 32.2. The maximum atomic E-state index is 13.3. The molecule has 0 bridgehead atoms. The molecule has 0 aliphatic heterocycles. The van der Waals surface area contributed by atoms with Gasteiger partial charge in [0.25, 0.3) is 0 Å². The van der Waals surface area contributed by atoms with E-state index >= 15 is 0 Å². The van der Waals surface area contributed by atoms with Crippen molar-refractivity contribution in [2.75, 3.05) is 10.6 Å². The van der Waals surface area contributed by atoms with E-state index in [1.165, 1.54) is 18.2 Å². The van der Waals surface area contributed by atoms with E-state index in [1.807, 2.05) is 0 Å². The van der Waals surface area contributed by atoms with E-state index in [0.29, 0.717) is 28.7 Å². The smallest absolute Gasteiger partial charge is 0.229 e. The van der Waals surface area contributed by atoms with Crippen LogP contribution in [-0.2, 0) is 11.1 Å². The van der Waals surface area contributed by atoms with Gasteiger partial charge < -0.3 is 15.2 Å². The van der Waals surface area contributed by atoms with Crippen molar-refractivity contribution in [1.29, 1.82) is 0 Å². The molecule has 0 saturated carbocycles. The molecule has 2 N–H and O–H groups in total. The molecule has 0 fully saturated rings. The molecule has 25 heavy (non-hydrogen) atoms. The predicted octanol–water partition coefficient (Wildman–Crippen LogP) is 3.65. The molecule has 3 rings (SSSR count). The summed E-state index contributed by atoms with van der Waals surface area (Å²) in [6, 6.07) is 12.6. The number of hydrogen-bond acceptors (Lipinski definition) is 6. The molecule has 0 radical (unpaired) electrons. The average Bonchev–Trinajstić information content (AvgIpc) is 2.59. The molecule has 0 saturated heterocycles. The summed E-state index contributed by atoms with van der Waals surface area (Å²) in [5.74, 6) is 0.624. The first-order chi connectivity index (χ1) is 12.0. The van der Waals surface area contributed by atoms with Gasteiger partial charge >= 0.3 is 0 Å². The van der Waals surface area contributed by atoms with Gasteiger partial charge in [-0.2, -0.15) is 4.98 Å². The average molecular weight is 357 g/mol. The SMILES string of the molecule is Cc1cc(Nc2ccnc(Nc3ccc(S(=O)[O-])cc3)n2)ccc1F. The summed E-state index contributed by atoms with van der Waals surface area (Å²) in [4.78, 5) is 8.65. The van der Waals surface area contributed by atoms with Crippen LogP contribution in [0, 0.1) is 12.7 Å². The highest BCUT2D eigenvalue weighted by molar-refractivity contribution is 7.79. The van der Waals surface area contributed by atoms with Crippen LogP contribution in [0.25, 0.3) is 0 Å². The van der Waals surface area contributed by atoms with Crippen molar-refractivity contribution in [2.24, 2.45) is 0 Å². The number of aryl methyl sites for hydroxylation is 1. The maximum Gasteiger partial charge on any atom is 0.229 e. The van der Waals surface area contributed by atoms with Gasteiger partial charge in [-0.1, -0.05) is 0 Å². The summed E-state index contributed by atoms with van der Waals surface area (Å²) in [7, 11) is 0. The third-order valence-electron chi connectivity index (χ3n) is 3.39. The Hall–Kier alpha value is -2.84. The van der Waals surface area contributed by atoms with E-state index in [1.54, 1.807) is 43.5 Å². The standard InChI is InChI=1S/C17H15FN4O2S/c1-11-10-13(4-7-15(11)18)20-16-8-9-19-17(22-16)21-12-2-5-14(6-3-12)25(23)24/h2-10H,1H3,(H,23,24)(H2,19,20,21,22)/p-1. The van der Waals surface area contributed by atoms with Crippen LogP contribution in [0.1, 0.15) is 5.56 Å². The van der Waals surface area contributed by atoms with Crippen molar-refractivity contribution < 1.29 is 13.2 Å². The molecular formula is C17H14FN4O2S-. The minimum Gasteiger partial charge on any atom is -0.768 e. The molecule has 0 aliphatic carbocycles. The van der Waals surface area contributed by atoms with Gasteiger partial charge in [0.2, 0.25) is 5.95 Å². The molecule has 0 spiro atoms. The van der Waals surface area contributed by atoms with E-state index in [2.05, 4.69) is 20.6 Å². The van der Waals surface area contributed by atoms with E-state index in [-0.39, 0.29) is 10.7 Å². The van der Waals surface area contributed by atoms with Gasteiger partial charge in [0, 0.05) is 22.5 Å². The lowest BCUT2D eigenvalue weighted by molar-refractivity contribution is 0.537. The van der Waals surface area contributed by atoms with Crippen molar-refractivity contribution in [2.45, 2.75) is 11.8 Å². The fourth-order valence-electron chi connectivity index (χ4n) is 2.14. The third kappa shape index (κ3) is 4.37. The van der Waals surface area contributed by atoms with Crippen LogP contribution in [0.3, 0.4) is 0 Å². The van der Waals surface area contributed by atoms with Crippen LogP contribution in [0.4, 0.5) is 27.5 Å². The molecule has 1 unspecified atom stereocenters. The largest absolute Gasteiger partial charge is 0.768 e. The Bertz CT molecular complexity index is 919. The summed E-state index contributed by atoms with van der Waals surface area (Å²) in [6.45, 7) is 1.69. The van der Waals surface area contributed by atoms with E-state index < -0.39 is 11.1 Å². The Labute approximate surface area is 146 Å². The number of nitrogens with zero attached hydrogens (tertiary/aromatic N) is 2. The second-order valence-corrected chi connectivity index (χ2v) is 6.18. The zero-order chi connectivity index (χ0) is 17.8. The van der Waals surface area contributed by atoms with Crippen LogP contribution in [0.2, 0.25) is 0 Å². The molecule has 6 nitrogen and oxygen atoms in total. The van der Waals surface area contributed by atoms with Gasteiger partial charge in [-0.3, -0.25) is 4.21 Å². The van der Waals surface area contributed by atoms with Crippen LogP contribution in [0.15, 0.2) is 59.6 Å². The monoisotopic (exact) mass is 357 g/mol. The lowest BCUT2D eigenvalue weighted by Crippen LogP contribution is -2.01. The number of anilines is 4. The summed E-state index contributed by atoms with van der Waals surface area (Å²) in [6.07, 6.45) is 1.58. The van der Waals surface area contributed by atoms with E-state index in [0.717, 1.165) is 0 Å². The number of nitrogens with one attached hydrogen (secondary N) is 2. The van der Waals surface area contributed by atoms with Gasteiger partial charge in [-0.05, 0) is 72.1 Å². The second kappa shape index (κ2) is 7.37. The molecule has 1 heterocycles. The normalized spacial score (nSPS) is 11.8. The fraction of sp³-hybridized carbons (Fsp3) is 0.0588. The predicted molar refractivity (Wildman–Crippen MR) is 93.4 cm³/mol. The van der Waals surface area contributed by atoms with Gasteiger partial charge in [0.05, 0.1) is 0 Å². The zero-order valence-electron chi connectivity index (χ0n) is 13.2. The number of aromatic nitrogens is 2. The van der Waals surface area contributed by atoms with Crippen LogP contribution in [-0.4, -0.2) is 18.7 Å². The Kier molecular flexibility index (Phi) is 5.01. The number of benzene rings is 2.